The summed E-state index contributed by atoms with van der Waals surface area (Å²) in [6.45, 7) is 0.418. The lowest BCUT2D eigenvalue weighted by molar-refractivity contribution is -0.139. The summed E-state index contributed by atoms with van der Waals surface area (Å²) in [5, 5.41) is 11.7. The van der Waals surface area contributed by atoms with E-state index in [9.17, 15) is 9.59 Å². The van der Waals surface area contributed by atoms with Gasteiger partial charge < -0.3 is 15.2 Å². The minimum absolute atomic E-state index is 0.0876. The van der Waals surface area contributed by atoms with Crippen molar-refractivity contribution in [1.29, 1.82) is 0 Å². The second kappa shape index (κ2) is 8.04. The molecule has 1 aromatic rings. The molecule has 0 fully saturated rings. The highest BCUT2D eigenvalue weighted by Gasteiger charge is 2.21. The number of carboxylic acids is 1. The van der Waals surface area contributed by atoms with Crippen LogP contribution in [0.2, 0.25) is 10.2 Å². The zero-order valence-corrected chi connectivity index (χ0v) is 12.2. The van der Waals surface area contributed by atoms with Gasteiger partial charge in [0.05, 0.1) is 10.6 Å². The number of nitrogens with zero attached hydrogens (tertiary/aromatic N) is 1. The zero-order valence-electron chi connectivity index (χ0n) is 10.7. The maximum absolute atomic E-state index is 12.0. The number of carbonyl (C=O) groups excluding carboxylic acids is 1. The summed E-state index contributed by atoms with van der Waals surface area (Å²) >= 11 is 11.5. The molecule has 1 amide bonds. The Morgan fingerprint density at radius 1 is 1.50 bits per heavy atom. The molecule has 110 valence electrons. The molecule has 20 heavy (non-hydrogen) atoms. The number of aliphatic carboxylic acids is 1. The molecule has 2 N–H and O–H groups in total. The Morgan fingerprint density at radius 3 is 2.80 bits per heavy atom. The van der Waals surface area contributed by atoms with Crippen LogP contribution >= 0.6 is 23.2 Å². The van der Waals surface area contributed by atoms with Gasteiger partial charge in [0.25, 0.3) is 5.91 Å². The van der Waals surface area contributed by atoms with Crippen LogP contribution in [-0.4, -0.2) is 41.7 Å². The van der Waals surface area contributed by atoms with Gasteiger partial charge in [0.1, 0.15) is 11.2 Å². The van der Waals surface area contributed by atoms with Crippen LogP contribution in [0.5, 0.6) is 0 Å². The summed E-state index contributed by atoms with van der Waals surface area (Å²) in [7, 11) is 1.52. The Kier molecular flexibility index (Phi) is 6.70. The lowest BCUT2D eigenvalue weighted by Gasteiger charge is -2.14. The van der Waals surface area contributed by atoms with Gasteiger partial charge in [-0.05, 0) is 18.9 Å². The van der Waals surface area contributed by atoms with Crippen molar-refractivity contribution in [3.05, 3.63) is 28.0 Å². The van der Waals surface area contributed by atoms with E-state index in [1.165, 1.54) is 19.4 Å². The van der Waals surface area contributed by atoms with Crippen LogP contribution in [0.15, 0.2) is 12.3 Å². The predicted octanol–water partition coefficient (Wildman–Crippen LogP) is 2.00. The quantitative estimate of drug-likeness (QED) is 0.592. The predicted molar refractivity (Wildman–Crippen MR) is 74.3 cm³/mol. The van der Waals surface area contributed by atoms with Crippen LogP contribution in [0.3, 0.4) is 0 Å². The summed E-state index contributed by atoms with van der Waals surface area (Å²) < 4.78 is 4.84. The number of rotatable bonds is 7. The first-order valence-electron chi connectivity index (χ1n) is 5.79. The number of halogens is 2. The molecule has 8 heteroatoms. The topological polar surface area (TPSA) is 88.5 Å². The minimum Gasteiger partial charge on any atom is -0.480 e. The van der Waals surface area contributed by atoms with Crippen LogP contribution in [0.25, 0.3) is 0 Å². The second-order valence-electron chi connectivity index (χ2n) is 3.99. The van der Waals surface area contributed by atoms with Crippen LogP contribution < -0.4 is 5.32 Å². The normalized spacial score (nSPS) is 11.9. The molecule has 1 atom stereocenters. The molecular weight excluding hydrogens is 307 g/mol. The Balaban J connectivity index is 2.75. The van der Waals surface area contributed by atoms with E-state index >= 15 is 0 Å². The summed E-state index contributed by atoms with van der Waals surface area (Å²) in [4.78, 5) is 26.8. The molecule has 1 heterocycles. The van der Waals surface area contributed by atoms with Gasteiger partial charge in [-0.2, -0.15) is 0 Å². The Morgan fingerprint density at radius 2 is 2.20 bits per heavy atom. The monoisotopic (exact) mass is 320 g/mol. The fraction of sp³-hybridized carbons (Fsp3) is 0.417. The number of hydrogen-bond acceptors (Lipinski definition) is 4. The van der Waals surface area contributed by atoms with Gasteiger partial charge in [-0.3, -0.25) is 4.79 Å². The smallest absolute Gasteiger partial charge is 0.326 e. The molecule has 0 saturated carbocycles. The second-order valence-corrected chi connectivity index (χ2v) is 4.78. The lowest BCUT2D eigenvalue weighted by Crippen LogP contribution is -2.41. The van der Waals surface area contributed by atoms with E-state index < -0.39 is 17.9 Å². The highest BCUT2D eigenvalue weighted by atomic mass is 35.5. The number of carbonyl (C=O) groups is 2. The highest BCUT2D eigenvalue weighted by Crippen LogP contribution is 2.18. The first kappa shape index (κ1) is 16.7. The molecule has 0 aliphatic heterocycles. The average Bonchev–Trinajstić information content (AvgIpc) is 2.40. The van der Waals surface area contributed by atoms with Crippen LogP contribution in [-0.2, 0) is 9.53 Å². The molecular formula is C12H14Cl2N2O4. The van der Waals surface area contributed by atoms with Crippen molar-refractivity contribution in [3.63, 3.8) is 0 Å². The molecule has 0 aliphatic carbocycles. The van der Waals surface area contributed by atoms with Crippen LogP contribution in [0.4, 0.5) is 0 Å². The molecule has 1 unspecified atom stereocenters. The van der Waals surface area contributed by atoms with E-state index in [0.29, 0.717) is 13.0 Å². The number of hydrogen-bond donors (Lipinski definition) is 2. The molecule has 0 saturated heterocycles. The molecule has 0 spiro atoms. The van der Waals surface area contributed by atoms with E-state index in [0.717, 1.165) is 0 Å². The van der Waals surface area contributed by atoms with E-state index in [1.807, 2.05) is 0 Å². The number of methoxy groups -OCH3 is 1. The first-order valence-corrected chi connectivity index (χ1v) is 6.55. The maximum Gasteiger partial charge on any atom is 0.326 e. The fourth-order valence-electron chi connectivity index (χ4n) is 1.51. The molecule has 1 rings (SSSR count). The van der Waals surface area contributed by atoms with E-state index in [-0.39, 0.29) is 22.2 Å². The standard InChI is InChI=1S/C12H14Cl2N2O4/c1-20-4-2-3-9(12(18)19)16-11(17)7-5-10(14)15-6-8(7)13/h5-6,9H,2-4H2,1H3,(H,16,17)(H,18,19). The van der Waals surface area contributed by atoms with Crippen molar-refractivity contribution in [2.45, 2.75) is 18.9 Å². The number of carboxylic acid groups (broad SMARTS) is 1. The third kappa shape index (κ3) is 4.96. The summed E-state index contributed by atoms with van der Waals surface area (Å²) in [6.07, 6.45) is 2.00. The van der Waals surface area contributed by atoms with Crippen molar-refractivity contribution in [2.75, 3.05) is 13.7 Å². The first-order chi connectivity index (χ1) is 9.45. The number of amides is 1. The third-order valence-electron chi connectivity index (χ3n) is 2.51. The van der Waals surface area contributed by atoms with Crippen molar-refractivity contribution < 1.29 is 19.4 Å². The molecule has 6 nitrogen and oxygen atoms in total. The zero-order chi connectivity index (χ0) is 15.1. The molecule has 0 radical (unpaired) electrons. The van der Waals surface area contributed by atoms with Crippen molar-refractivity contribution in [2.24, 2.45) is 0 Å². The minimum atomic E-state index is -1.12. The Hall–Kier alpha value is -1.37. The number of ether oxygens (including phenoxy) is 1. The summed E-state index contributed by atoms with van der Waals surface area (Å²) in [5.41, 5.74) is 0.0876. The van der Waals surface area contributed by atoms with E-state index in [4.69, 9.17) is 33.0 Å². The summed E-state index contributed by atoms with van der Waals surface area (Å²) in [6, 6.07) is 0.272. The van der Waals surface area contributed by atoms with Gasteiger partial charge in [0.15, 0.2) is 0 Å². The molecule has 0 aromatic carbocycles. The Labute approximate surface area is 126 Å². The average molecular weight is 321 g/mol. The van der Waals surface area contributed by atoms with Gasteiger partial charge in [-0.1, -0.05) is 23.2 Å². The highest BCUT2D eigenvalue weighted by molar-refractivity contribution is 6.35. The van der Waals surface area contributed by atoms with E-state index in [1.54, 1.807) is 0 Å². The third-order valence-corrected chi connectivity index (χ3v) is 3.02. The van der Waals surface area contributed by atoms with Gasteiger partial charge >= 0.3 is 5.97 Å². The number of nitrogens with one attached hydrogen (secondary N) is 1. The Bertz CT molecular complexity index is 496. The fourth-order valence-corrected chi connectivity index (χ4v) is 1.86. The van der Waals surface area contributed by atoms with Crippen molar-refractivity contribution in [3.8, 4) is 0 Å². The van der Waals surface area contributed by atoms with E-state index in [2.05, 4.69) is 10.3 Å². The molecule has 1 aromatic heterocycles. The van der Waals surface area contributed by atoms with Crippen molar-refractivity contribution >= 4 is 35.1 Å². The summed E-state index contributed by atoms with van der Waals surface area (Å²) in [5.74, 6) is -1.73. The maximum atomic E-state index is 12.0. The molecule has 0 bridgehead atoms. The lowest BCUT2D eigenvalue weighted by atomic mass is 10.1. The van der Waals surface area contributed by atoms with Gasteiger partial charge in [0, 0.05) is 19.9 Å². The van der Waals surface area contributed by atoms with Gasteiger partial charge in [-0.15, -0.1) is 0 Å². The van der Waals surface area contributed by atoms with Crippen LogP contribution in [0, 0.1) is 0 Å². The SMILES string of the molecule is COCCCC(NC(=O)c1cc(Cl)ncc1Cl)C(=O)O. The number of aromatic nitrogens is 1. The molecule has 0 aliphatic rings. The van der Waals surface area contributed by atoms with Crippen molar-refractivity contribution in [1.82, 2.24) is 10.3 Å². The largest absolute Gasteiger partial charge is 0.480 e. The van der Waals surface area contributed by atoms with Crippen LogP contribution in [0.1, 0.15) is 23.2 Å². The number of pyridine rings is 1. The van der Waals surface area contributed by atoms with Gasteiger partial charge in [-0.25, -0.2) is 9.78 Å². The van der Waals surface area contributed by atoms with Gasteiger partial charge in [0.2, 0.25) is 0 Å².